The van der Waals surface area contributed by atoms with Crippen LogP contribution in [0, 0.1) is 5.92 Å². The lowest BCUT2D eigenvalue weighted by molar-refractivity contribution is -0.136. The predicted molar refractivity (Wildman–Crippen MR) is 87.3 cm³/mol. The van der Waals surface area contributed by atoms with Crippen molar-refractivity contribution in [3.05, 3.63) is 30.0 Å². The van der Waals surface area contributed by atoms with Crippen molar-refractivity contribution in [2.24, 2.45) is 5.92 Å². The Morgan fingerprint density at radius 2 is 2.30 bits per heavy atom. The number of nitrogens with one attached hydrogen (secondary N) is 3. The van der Waals surface area contributed by atoms with Crippen LogP contribution >= 0.6 is 0 Å². The molecule has 23 heavy (non-hydrogen) atoms. The molecule has 2 heterocycles. The van der Waals surface area contributed by atoms with Gasteiger partial charge in [-0.2, -0.15) is 0 Å². The quantitative estimate of drug-likeness (QED) is 0.729. The SMILES string of the molecule is COc1ccc2[nH]cc(CCNC(=O)[C@@H]3CCCNC3=O)c2c1. The van der Waals surface area contributed by atoms with Gasteiger partial charge in [-0.25, -0.2) is 0 Å². The number of H-pyrrole nitrogens is 1. The molecule has 3 rings (SSSR count). The van der Waals surface area contributed by atoms with E-state index < -0.39 is 5.92 Å². The zero-order valence-electron chi connectivity index (χ0n) is 13.1. The molecule has 0 radical (unpaired) electrons. The van der Waals surface area contributed by atoms with Crippen molar-refractivity contribution in [2.45, 2.75) is 19.3 Å². The van der Waals surface area contributed by atoms with Gasteiger partial charge < -0.3 is 20.4 Å². The highest BCUT2D eigenvalue weighted by atomic mass is 16.5. The highest BCUT2D eigenvalue weighted by Crippen LogP contribution is 2.23. The number of rotatable bonds is 5. The number of aromatic amines is 1. The molecule has 1 aromatic carbocycles. The number of carbonyl (C=O) groups is 2. The number of ether oxygens (including phenoxy) is 1. The minimum atomic E-state index is -0.549. The molecule has 122 valence electrons. The smallest absolute Gasteiger partial charge is 0.232 e. The second-order valence-electron chi connectivity index (χ2n) is 5.75. The third-order valence-corrected chi connectivity index (χ3v) is 4.27. The van der Waals surface area contributed by atoms with Crippen molar-refractivity contribution in [1.82, 2.24) is 15.6 Å². The Labute approximate surface area is 134 Å². The molecule has 1 aromatic heterocycles. The molecule has 1 aliphatic heterocycles. The van der Waals surface area contributed by atoms with E-state index in [0.717, 1.165) is 28.6 Å². The van der Waals surface area contributed by atoms with Crippen molar-refractivity contribution in [3.8, 4) is 5.75 Å². The van der Waals surface area contributed by atoms with Crippen molar-refractivity contribution in [1.29, 1.82) is 0 Å². The minimum Gasteiger partial charge on any atom is -0.497 e. The average Bonchev–Trinajstić information content (AvgIpc) is 2.97. The van der Waals surface area contributed by atoms with Crippen LogP contribution in [0.15, 0.2) is 24.4 Å². The summed E-state index contributed by atoms with van der Waals surface area (Å²) in [6.07, 6.45) is 4.13. The van der Waals surface area contributed by atoms with E-state index in [2.05, 4.69) is 15.6 Å². The maximum Gasteiger partial charge on any atom is 0.232 e. The molecule has 0 aliphatic carbocycles. The first-order valence-corrected chi connectivity index (χ1v) is 7.88. The number of carbonyl (C=O) groups excluding carboxylic acids is 2. The fraction of sp³-hybridized carbons (Fsp3) is 0.412. The predicted octanol–water partition coefficient (Wildman–Crippen LogP) is 1.36. The summed E-state index contributed by atoms with van der Waals surface area (Å²) in [6.45, 7) is 1.17. The highest BCUT2D eigenvalue weighted by Gasteiger charge is 2.28. The minimum absolute atomic E-state index is 0.161. The van der Waals surface area contributed by atoms with Gasteiger partial charge in [0.15, 0.2) is 0 Å². The molecule has 6 nitrogen and oxygen atoms in total. The average molecular weight is 315 g/mol. The van der Waals surface area contributed by atoms with Gasteiger partial charge in [-0.15, -0.1) is 0 Å². The summed E-state index contributed by atoms with van der Waals surface area (Å²) in [5.41, 5.74) is 2.16. The third-order valence-electron chi connectivity index (χ3n) is 4.27. The monoisotopic (exact) mass is 315 g/mol. The van der Waals surface area contributed by atoms with Gasteiger partial charge in [-0.1, -0.05) is 0 Å². The maximum absolute atomic E-state index is 12.1. The Balaban J connectivity index is 1.60. The number of aromatic nitrogens is 1. The Hall–Kier alpha value is -2.50. The molecule has 0 unspecified atom stereocenters. The maximum atomic E-state index is 12.1. The number of methoxy groups -OCH3 is 1. The fourth-order valence-corrected chi connectivity index (χ4v) is 2.96. The first-order chi connectivity index (χ1) is 11.2. The van der Waals surface area contributed by atoms with Crippen molar-refractivity contribution < 1.29 is 14.3 Å². The van der Waals surface area contributed by atoms with E-state index in [4.69, 9.17) is 4.74 Å². The highest BCUT2D eigenvalue weighted by molar-refractivity contribution is 6.00. The summed E-state index contributed by atoms with van der Waals surface area (Å²) in [4.78, 5) is 27.0. The Morgan fingerprint density at radius 3 is 3.09 bits per heavy atom. The molecule has 3 N–H and O–H groups in total. The third kappa shape index (κ3) is 3.31. The van der Waals surface area contributed by atoms with Gasteiger partial charge in [0.25, 0.3) is 0 Å². The standard InChI is InChI=1S/C17H21N3O3/c1-23-12-4-5-15-14(9-12)11(10-20-15)6-8-19-17(22)13-3-2-7-18-16(13)21/h4-5,9-10,13,20H,2-3,6-8H2,1H3,(H,18,21)(H,19,22)/t13-/m1/s1. The van der Waals surface area contributed by atoms with Gasteiger partial charge in [-0.05, 0) is 43.0 Å². The van der Waals surface area contributed by atoms with E-state index >= 15 is 0 Å². The van der Waals surface area contributed by atoms with Crippen LogP contribution in [0.2, 0.25) is 0 Å². The Bertz CT molecular complexity index is 723. The summed E-state index contributed by atoms with van der Waals surface area (Å²) in [6, 6.07) is 5.87. The summed E-state index contributed by atoms with van der Waals surface area (Å²) in [7, 11) is 1.64. The normalized spacial score (nSPS) is 17.8. The second kappa shape index (κ2) is 6.73. The van der Waals surface area contributed by atoms with Crippen LogP contribution < -0.4 is 15.4 Å². The van der Waals surface area contributed by atoms with Crippen LogP contribution in [0.5, 0.6) is 5.75 Å². The van der Waals surface area contributed by atoms with Gasteiger partial charge in [0.1, 0.15) is 11.7 Å². The lowest BCUT2D eigenvalue weighted by atomic mass is 9.98. The molecular weight excluding hydrogens is 294 g/mol. The van der Waals surface area contributed by atoms with Crippen molar-refractivity contribution in [2.75, 3.05) is 20.2 Å². The van der Waals surface area contributed by atoms with Crippen LogP contribution in [-0.4, -0.2) is 37.0 Å². The number of amides is 2. The molecule has 1 atom stereocenters. The number of fused-ring (bicyclic) bond motifs is 1. The van der Waals surface area contributed by atoms with Crippen LogP contribution in [-0.2, 0) is 16.0 Å². The summed E-state index contributed by atoms with van der Waals surface area (Å²) >= 11 is 0. The van der Waals surface area contributed by atoms with Gasteiger partial charge >= 0.3 is 0 Å². The number of hydrogen-bond donors (Lipinski definition) is 3. The topological polar surface area (TPSA) is 83.2 Å². The Kier molecular flexibility index (Phi) is 4.50. The van der Waals surface area contributed by atoms with E-state index in [1.807, 2.05) is 24.4 Å². The van der Waals surface area contributed by atoms with Crippen molar-refractivity contribution >= 4 is 22.7 Å². The first kappa shape index (κ1) is 15.4. The lowest BCUT2D eigenvalue weighted by Gasteiger charge is -2.20. The zero-order valence-corrected chi connectivity index (χ0v) is 13.1. The van der Waals surface area contributed by atoms with Crippen LogP contribution in [0.3, 0.4) is 0 Å². The van der Waals surface area contributed by atoms with E-state index in [-0.39, 0.29) is 11.8 Å². The summed E-state index contributed by atoms with van der Waals surface area (Å²) in [5, 5.41) is 6.70. The lowest BCUT2D eigenvalue weighted by Crippen LogP contribution is -2.45. The van der Waals surface area contributed by atoms with Crippen LogP contribution in [0.4, 0.5) is 0 Å². The molecular formula is C17H21N3O3. The van der Waals surface area contributed by atoms with Gasteiger partial charge in [0.05, 0.1) is 7.11 Å². The van der Waals surface area contributed by atoms with Gasteiger partial charge in [0, 0.05) is 30.2 Å². The fourth-order valence-electron chi connectivity index (χ4n) is 2.96. The van der Waals surface area contributed by atoms with Gasteiger partial charge in [0.2, 0.25) is 11.8 Å². The van der Waals surface area contributed by atoms with E-state index in [1.165, 1.54) is 0 Å². The Morgan fingerprint density at radius 1 is 1.43 bits per heavy atom. The summed E-state index contributed by atoms with van der Waals surface area (Å²) < 4.78 is 5.25. The molecule has 1 aliphatic rings. The first-order valence-electron chi connectivity index (χ1n) is 7.88. The zero-order chi connectivity index (χ0) is 16.2. The van der Waals surface area contributed by atoms with E-state index in [9.17, 15) is 9.59 Å². The molecule has 0 spiro atoms. The van der Waals surface area contributed by atoms with Gasteiger partial charge in [-0.3, -0.25) is 9.59 Å². The van der Waals surface area contributed by atoms with Crippen molar-refractivity contribution in [3.63, 3.8) is 0 Å². The largest absolute Gasteiger partial charge is 0.497 e. The molecule has 6 heteroatoms. The molecule has 2 aromatic rings. The van der Waals surface area contributed by atoms with E-state index in [1.54, 1.807) is 7.11 Å². The molecule has 0 saturated carbocycles. The molecule has 0 bridgehead atoms. The summed E-state index contributed by atoms with van der Waals surface area (Å²) in [5.74, 6) is -0.0849. The van der Waals surface area contributed by atoms with E-state index in [0.29, 0.717) is 25.9 Å². The molecule has 1 saturated heterocycles. The molecule has 1 fully saturated rings. The number of benzene rings is 1. The number of hydrogen-bond acceptors (Lipinski definition) is 3. The van der Waals surface area contributed by atoms with Crippen LogP contribution in [0.1, 0.15) is 18.4 Å². The number of piperidine rings is 1. The van der Waals surface area contributed by atoms with Crippen LogP contribution in [0.25, 0.3) is 10.9 Å². The second-order valence-corrected chi connectivity index (χ2v) is 5.75. The molecule has 2 amide bonds.